The fourth-order valence-electron chi connectivity index (χ4n) is 1.63. The van der Waals surface area contributed by atoms with E-state index >= 15 is 0 Å². The van der Waals surface area contributed by atoms with E-state index in [1.807, 2.05) is 6.07 Å². The third kappa shape index (κ3) is 4.20. The highest BCUT2D eigenvalue weighted by Gasteiger charge is 2.16. The van der Waals surface area contributed by atoms with Crippen LogP contribution in [0.1, 0.15) is 17.4 Å². The van der Waals surface area contributed by atoms with Gasteiger partial charge in [0.15, 0.2) is 0 Å². The summed E-state index contributed by atoms with van der Waals surface area (Å²) in [6.45, 7) is -0.108. The first-order chi connectivity index (χ1) is 9.07. The minimum atomic E-state index is -3.47. The van der Waals surface area contributed by atoms with Gasteiger partial charge in [-0.15, -0.1) is 0 Å². The fourth-order valence-corrected chi connectivity index (χ4v) is 2.78. The van der Waals surface area contributed by atoms with Gasteiger partial charge in [-0.25, -0.2) is 13.1 Å². The van der Waals surface area contributed by atoms with Crippen LogP contribution in [0.2, 0.25) is 0 Å². The lowest BCUT2D eigenvalue weighted by atomic mass is 10.2. The standard InChI is InChI=1S/C13H15NO4S/c15-12(13-7-4-8-18-13)9-14-19(16,17)10-11-5-2-1-3-6-11/h1-8,12,14-15H,9-10H2/t12-/m0/s1. The number of benzene rings is 1. The fraction of sp³-hybridized carbons (Fsp3) is 0.231. The molecule has 5 nitrogen and oxygen atoms in total. The minimum absolute atomic E-state index is 0.108. The average Bonchev–Trinajstić information content (AvgIpc) is 2.91. The summed E-state index contributed by atoms with van der Waals surface area (Å²) in [5.74, 6) is 0.223. The van der Waals surface area contributed by atoms with Crippen molar-refractivity contribution in [1.29, 1.82) is 0 Å². The summed E-state index contributed by atoms with van der Waals surface area (Å²) in [5, 5.41) is 9.72. The van der Waals surface area contributed by atoms with E-state index in [0.29, 0.717) is 11.3 Å². The number of rotatable bonds is 6. The number of hydrogen-bond donors (Lipinski definition) is 2. The minimum Gasteiger partial charge on any atom is -0.467 e. The topological polar surface area (TPSA) is 79.5 Å². The monoisotopic (exact) mass is 281 g/mol. The van der Waals surface area contributed by atoms with Crippen molar-refractivity contribution in [3.05, 3.63) is 60.1 Å². The van der Waals surface area contributed by atoms with Gasteiger partial charge in [0.2, 0.25) is 10.0 Å². The van der Waals surface area contributed by atoms with Crippen LogP contribution in [0, 0.1) is 0 Å². The number of furan rings is 1. The molecule has 2 aromatic rings. The molecule has 1 atom stereocenters. The van der Waals surface area contributed by atoms with Crippen LogP contribution >= 0.6 is 0 Å². The molecule has 0 aliphatic heterocycles. The quantitative estimate of drug-likeness (QED) is 0.839. The maximum absolute atomic E-state index is 11.8. The third-order valence-electron chi connectivity index (χ3n) is 2.57. The van der Waals surface area contributed by atoms with E-state index in [-0.39, 0.29) is 12.3 Å². The van der Waals surface area contributed by atoms with Crippen LogP contribution in [-0.4, -0.2) is 20.1 Å². The second-order valence-corrected chi connectivity index (χ2v) is 5.93. The summed E-state index contributed by atoms with van der Waals surface area (Å²) in [4.78, 5) is 0. The molecule has 0 aliphatic rings. The highest BCUT2D eigenvalue weighted by Crippen LogP contribution is 2.12. The average molecular weight is 281 g/mol. The molecular weight excluding hydrogens is 266 g/mol. The van der Waals surface area contributed by atoms with Crippen LogP contribution in [0.3, 0.4) is 0 Å². The molecule has 1 aromatic carbocycles. The predicted molar refractivity (Wildman–Crippen MR) is 70.7 cm³/mol. The van der Waals surface area contributed by atoms with Crippen molar-refractivity contribution in [2.75, 3.05) is 6.54 Å². The summed E-state index contributed by atoms with van der Waals surface area (Å²) >= 11 is 0. The highest BCUT2D eigenvalue weighted by atomic mass is 32.2. The Labute approximate surface area is 111 Å². The Morgan fingerprint density at radius 1 is 1.16 bits per heavy atom. The molecule has 6 heteroatoms. The van der Waals surface area contributed by atoms with E-state index in [2.05, 4.69) is 4.72 Å². The van der Waals surface area contributed by atoms with Gasteiger partial charge in [0.25, 0.3) is 0 Å². The maximum atomic E-state index is 11.8. The van der Waals surface area contributed by atoms with Crippen molar-refractivity contribution in [3.63, 3.8) is 0 Å². The number of nitrogens with one attached hydrogen (secondary N) is 1. The molecule has 2 N–H and O–H groups in total. The van der Waals surface area contributed by atoms with E-state index in [4.69, 9.17) is 4.42 Å². The van der Waals surface area contributed by atoms with E-state index in [1.165, 1.54) is 6.26 Å². The van der Waals surface area contributed by atoms with Gasteiger partial charge in [-0.1, -0.05) is 30.3 Å². The Morgan fingerprint density at radius 3 is 2.53 bits per heavy atom. The lowest BCUT2D eigenvalue weighted by Gasteiger charge is -2.10. The van der Waals surface area contributed by atoms with Gasteiger partial charge in [0.05, 0.1) is 12.0 Å². The lowest BCUT2D eigenvalue weighted by molar-refractivity contribution is 0.154. The van der Waals surface area contributed by atoms with E-state index < -0.39 is 16.1 Å². The molecule has 0 unspecified atom stereocenters. The third-order valence-corrected chi connectivity index (χ3v) is 3.89. The zero-order chi connectivity index (χ0) is 13.7. The molecule has 1 heterocycles. The van der Waals surface area contributed by atoms with Crippen molar-refractivity contribution in [1.82, 2.24) is 4.72 Å². The van der Waals surface area contributed by atoms with Crippen molar-refractivity contribution < 1.29 is 17.9 Å². The molecule has 0 radical (unpaired) electrons. The molecule has 0 amide bonds. The molecule has 0 fully saturated rings. The molecule has 1 aromatic heterocycles. The number of aliphatic hydroxyl groups excluding tert-OH is 1. The van der Waals surface area contributed by atoms with Gasteiger partial charge in [-0.05, 0) is 17.7 Å². The molecule has 2 rings (SSSR count). The summed E-state index contributed by atoms with van der Waals surface area (Å²) in [6.07, 6.45) is 0.442. The summed E-state index contributed by atoms with van der Waals surface area (Å²) in [5.41, 5.74) is 0.697. The molecule has 0 aliphatic carbocycles. The Kier molecular flexibility index (Phi) is 4.36. The molecule has 0 saturated heterocycles. The molecule has 0 spiro atoms. The van der Waals surface area contributed by atoms with Crippen LogP contribution in [0.4, 0.5) is 0 Å². The Balaban J connectivity index is 1.91. The first-order valence-corrected chi connectivity index (χ1v) is 7.45. The van der Waals surface area contributed by atoms with Gasteiger partial charge in [-0.2, -0.15) is 0 Å². The maximum Gasteiger partial charge on any atom is 0.215 e. The molecule has 102 valence electrons. The van der Waals surface area contributed by atoms with Gasteiger partial charge in [0, 0.05) is 6.54 Å². The molecule has 0 saturated carbocycles. The SMILES string of the molecule is O=S(=O)(Cc1ccccc1)NC[C@H](O)c1ccco1. The second kappa shape index (κ2) is 6.01. The van der Waals surface area contributed by atoms with Crippen molar-refractivity contribution in [2.24, 2.45) is 0 Å². The van der Waals surface area contributed by atoms with Crippen LogP contribution in [-0.2, 0) is 15.8 Å². The first-order valence-electron chi connectivity index (χ1n) is 5.79. The Bertz CT molecular complexity index is 593. The lowest BCUT2D eigenvalue weighted by Crippen LogP contribution is -2.29. The van der Waals surface area contributed by atoms with E-state index in [9.17, 15) is 13.5 Å². The van der Waals surface area contributed by atoms with Crippen molar-refractivity contribution in [3.8, 4) is 0 Å². The number of sulfonamides is 1. The number of hydrogen-bond acceptors (Lipinski definition) is 4. The molecular formula is C13H15NO4S. The highest BCUT2D eigenvalue weighted by molar-refractivity contribution is 7.88. The Morgan fingerprint density at radius 2 is 1.89 bits per heavy atom. The van der Waals surface area contributed by atoms with Crippen LogP contribution < -0.4 is 4.72 Å². The molecule has 0 bridgehead atoms. The largest absolute Gasteiger partial charge is 0.467 e. The molecule has 19 heavy (non-hydrogen) atoms. The van der Waals surface area contributed by atoms with Crippen LogP contribution in [0.5, 0.6) is 0 Å². The van der Waals surface area contributed by atoms with E-state index in [1.54, 1.807) is 36.4 Å². The summed E-state index contributed by atoms with van der Waals surface area (Å²) in [6, 6.07) is 12.1. The summed E-state index contributed by atoms with van der Waals surface area (Å²) < 4.78 is 31.0. The van der Waals surface area contributed by atoms with Gasteiger partial charge in [0.1, 0.15) is 11.9 Å². The summed E-state index contributed by atoms with van der Waals surface area (Å²) in [7, 11) is -3.47. The zero-order valence-electron chi connectivity index (χ0n) is 10.2. The van der Waals surface area contributed by atoms with Crippen molar-refractivity contribution in [2.45, 2.75) is 11.9 Å². The van der Waals surface area contributed by atoms with Crippen molar-refractivity contribution >= 4 is 10.0 Å². The zero-order valence-corrected chi connectivity index (χ0v) is 11.0. The normalized spacial score (nSPS) is 13.3. The second-order valence-electron chi connectivity index (χ2n) is 4.12. The van der Waals surface area contributed by atoms with Gasteiger partial charge < -0.3 is 9.52 Å². The van der Waals surface area contributed by atoms with E-state index in [0.717, 1.165) is 0 Å². The van der Waals surface area contributed by atoms with Gasteiger partial charge >= 0.3 is 0 Å². The van der Waals surface area contributed by atoms with Crippen LogP contribution in [0.15, 0.2) is 53.1 Å². The first kappa shape index (κ1) is 13.8. The smallest absolute Gasteiger partial charge is 0.215 e. The number of aliphatic hydroxyl groups is 1. The van der Waals surface area contributed by atoms with Gasteiger partial charge in [-0.3, -0.25) is 0 Å². The predicted octanol–water partition coefficient (Wildman–Crippen LogP) is 1.43. The van der Waals surface area contributed by atoms with Crippen LogP contribution in [0.25, 0.3) is 0 Å². The Hall–Kier alpha value is -1.63.